The Morgan fingerprint density at radius 3 is 2.41 bits per heavy atom. The quantitative estimate of drug-likeness (QED) is 0.339. The van der Waals surface area contributed by atoms with E-state index in [1.807, 2.05) is 39.8 Å². The summed E-state index contributed by atoms with van der Waals surface area (Å²) in [6, 6.07) is 6.81. The summed E-state index contributed by atoms with van der Waals surface area (Å²) in [6.07, 6.45) is 0.911. The van der Waals surface area contributed by atoms with Crippen molar-refractivity contribution in [1.82, 2.24) is 14.9 Å². The second-order valence-corrected chi connectivity index (χ2v) is 8.43. The van der Waals surface area contributed by atoms with Gasteiger partial charge in [-0.1, -0.05) is 12.1 Å². The fraction of sp³-hybridized carbons (Fsp3) is 0.632. The van der Waals surface area contributed by atoms with Crippen LogP contribution in [0.1, 0.15) is 39.7 Å². The molecule has 7 nitrogen and oxygen atoms in total. The van der Waals surface area contributed by atoms with Gasteiger partial charge in [-0.15, -0.1) is 0 Å². The van der Waals surface area contributed by atoms with E-state index in [4.69, 9.17) is 4.74 Å². The lowest BCUT2D eigenvalue weighted by Crippen LogP contribution is -2.38. The molecule has 0 radical (unpaired) electrons. The molecule has 0 atom stereocenters. The van der Waals surface area contributed by atoms with E-state index in [-0.39, 0.29) is 6.04 Å². The van der Waals surface area contributed by atoms with Gasteiger partial charge in [0.25, 0.3) is 0 Å². The summed E-state index contributed by atoms with van der Waals surface area (Å²) in [5.41, 5.74) is 0.952. The lowest BCUT2D eigenvalue weighted by Gasteiger charge is -2.21. The van der Waals surface area contributed by atoms with Crippen LogP contribution in [0.2, 0.25) is 0 Å². The lowest BCUT2D eigenvalue weighted by atomic mass is 10.2. The van der Waals surface area contributed by atoms with E-state index in [0.29, 0.717) is 11.4 Å². The fourth-order valence-electron chi connectivity index (χ4n) is 2.25. The minimum atomic E-state index is -3.45. The molecule has 0 heterocycles. The van der Waals surface area contributed by atoms with Crippen molar-refractivity contribution in [3.05, 3.63) is 29.8 Å². The second-order valence-electron chi connectivity index (χ2n) is 6.43. The highest BCUT2D eigenvalue weighted by atomic mass is 32.2. The zero-order chi connectivity index (χ0) is 20.3. The molecule has 0 saturated carbocycles. The molecule has 0 saturated heterocycles. The molecular formula is C19H34N4O3S. The van der Waals surface area contributed by atoms with Gasteiger partial charge in [-0.3, -0.25) is 0 Å². The summed E-state index contributed by atoms with van der Waals surface area (Å²) in [7, 11) is -1.86. The van der Waals surface area contributed by atoms with Crippen molar-refractivity contribution in [3.8, 4) is 0 Å². The van der Waals surface area contributed by atoms with E-state index < -0.39 is 10.0 Å². The predicted molar refractivity (Wildman–Crippen MR) is 110 cm³/mol. The lowest BCUT2D eigenvalue weighted by molar-refractivity contribution is 0.145. The summed E-state index contributed by atoms with van der Waals surface area (Å²) in [6.45, 7) is 11.2. The van der Waals surface area contributed by atoms with Crippen LogP contribution in [0.3, 0.4) is 0 Å². The Kier molecular flexibility index (Phi) is 10.4. The van der Waals surface area contributed by atoms with Gasteiger partial charge in [-0.2, -0.15) is 4.31 Å². The Balaban J connectivity index is 2.70. The van der Waals surface area contributed by atoms with Crippen molar-refractivity contribution >= 4 is 16.0 Å². The average Bonchev–Trinajstić information content (AvgIpc) is 2.65. The van der Waals surface area contributed by atoms with E-state index in [1.165, 1.54) is 4.31 Å². The summed E-state index contributed by atoms with van der Waals surface area (Å²) in [5, 5.41) is 6.47. The van der Waals surface area contributed by atoms with Gasteiger partial charge in [0.1, 0.15) is 0 Å². The molecule has 0 aliphatic heterocycles. The number of nitrogens with zero attached hydrogens (tertiary/aromatic N) is 2. The number of ether oxygens (including phenoxy) is 1. The summed E-state index contributed by atoms with van der Waals surface area (Å²) >= 11 is 0. The van der Waals surface area contributed by atoms with Crippen molar-refractivity contribution in [2.24, 2.45) is 4.99 Å². The molecule has 1 aromatic rings. The number of benzene rings is 1. The van der Waals surface area contributed by atoms with Gasteiger partial charge in [0.05, 0.1) is 11.4 Å². The van der Waals surface area contributed by atoms with Crippen LogP contribution in [0.5, 0.6) is 0 Å². The molecule has 0 aliphatic rings. The van der Waals surface area contributed by atoms with E-state index in [2.05, 4.69) is 15.6 Å². The van der Waals surface area contributed by atoms with Crippen molar-refractivity contribution in [1.29, 1.82) is 0 Å². The zero-order valence-electron chi connectivity index (χ0n) is 17.2. The first-order chi connectivity index (χ1) is 12.8. The van der Waals surface area contributed by atoms with Crippen LogP contribution in [-0.4, -0.2) is 58.1 Å². The van der Waals surface area contributed by atoms with Gasteiger partial charge in [-0.05, 0) is 51.8 Å². The van der Waals surface area contributed by atoms with Gasteiger partial charge >= 0.3 is 0 Å². The molecule has 0 bridgehead atoms. The van der Waals surface area contributed by atoms with Gasteiger partial charge in [-0.25, -0.2) is 13.4 Å². The third-order valence-electron chi connectivity index (χ3n) is 4.05. The number of rotatable bonds is 11. The van der Waals surface area contributed by atoms with Crippen LogP contribution in [-0.2, 0) is 21.3 Å². The van der Waals surface area contributed by atoms with E-state index in [9.17, 15) is 8.42 Å². The first kappa shape index (κ1) is 23.4. The summed E-state index contributed by atoms with van der Waals surface area (Å²) in [5.74, 6) is 0.741. The van der Waals surface area contributed by atoms with Crippen molar-refractivity contribution in [3.63, 3.8) is 0 Å². The van der Waals surface area contributed by atoms with Crippen LogP contribution in [0.4, 0.5) is 0 Å². The maximum absolute atomic E-state index is 12.5. The van der Waals surface area contributed by atoms with Crippen LogP contribution >= 0.6 is 0 Å². The topological polar surface area (TPSA) is 83.0 Å². The molecule has 0 spiro atoms. The Labute approximate surface area is 164 Å². The number of hydrogen-bond acceptors (Lipinski definition) is 4. The number of aliphatic imine (C=N–C) groups is 1. The highest BCUT2D eigenvalue weighted by molar-refractivity contribution is 7.89. The standard InChI is InChI=1S/C19H34N4O3S/c1-6-20-19(21-13-8-14-26-7-2)22-15-17-9-11-18(12-10-17)27(24,25)23(5)16(3)4/h9-12,16H,6-8,13-15H2,1-5H3,(H2,20,21,22). The van der Waals surface area contributed by atoms with Crippen molar-refractivity contribution in [2.45, 2.75) is 51.6 Å². The highest BCUT2D eigenvalue weighted by Gasteiger charge is 2.22. The molecule has 1 rings (SSSR count). The van der Waals surface area contributed by atoms with Crippen molar-refractivity contribution in [2.75, 3.05) is 33.4 Å². The highest BCUT2D eigenvalue weighted by Crippen LogP contribution is 2.17. The first-order valence-corrected chi connectivity index (χ1v) is 10.9. The molecule has 27 heavy (non-hydrogen) atoms. The third-order valence-corrected chi connectivity index (χ3v) is 6.10. The van der Waals surface area contributed by atoms with Crippen LogP contribution in [0.15, 0.2) is 34.2 Å². The molecule has 0 aliphatic carbocycles. The van der Waals surface area contributed by atoms with Crippen LogP contribution in [0, 0.1) is 0 Å². The van der Waals surface area contributed by atoms with Crippen molar-refractivity contribution < 1.29 is 13.2 Å². The SMILES string of the molecule is CCNC(=NCc1ccc(S(=O)(=O)N(C)C(C)C)cc1)NCCCOCC. The minimum absolute atomic E-state index is 0.0873. The number of hydrogen-bond donors (Lipinski definition) is 2. The molecular weight excluding hydrogens is 364 g/mol. The zero-order valence-corrected chi connectivity index (χ0v) is 18.0. The minimum Gasteiger partial charge on any atom is -0.382 e. The summed E-state index contributed by atoms with van der Waals surface area (Å²) < 4.78 is 31.7. The number of sulfonamides is 1. The third kappa shape index (κ3) is 7.86. The predicted octanol–water partition coefficient (Wildman–Crippen LogP) is 2.20. The van der Waals surface area contributed by atoms with E-state index in [1.54, 1.807) is 19.2 Å². The van der Waals surface area contributed by atoms with Gasteiger partial charge < -0.3 is 15.4 Å². The monoisotopic (exact) mass is 398 g/mol. The van der Waals surface area contributed by atoms with Gasteiger partial charge in [0, 0.05) is 39.4 Å². The molecule has 0 unspecified atom stereocenters. The van der Waals surface area contributed by atoms with Crippen LogP contribution < -0.4 is 10.6 Å². The molecule has 8 heteroatoms. The summed E-state index contributed by atoms with van der Waals surface area (Å²) in [4.78, 5) is 4.85. The van der Waals surface area contributed by atoms with Gasteiger partial charge in [0.15, 0.2) is 5.96 Å². The Morgan fingerprint density at radius 1 is 1.19 bits per heavy atom. The van der Waals surface area contributed by atoms with Gasteiger partial charge in [0.2, 0.25) is 10.0 Å². The Morgan fingerprint density at radius 2 is 1.85 bits per heavy atom. The second kappa shape index (κ2) is 11.9. The molecule has 0 fully saturated rings. The van der Waals surface area contributed by atoms with E-state index in [0.717, 1.165) is 44.2 Å². The Bertz CT molecular complexity index is 673. The fourth-order valence-corrected chi connectivity index (χ4v) is 3.62. The van der Waals surface area contributed by atoms with E-state index >= 15 is 0 Å². The maximum atomic E-state index is 12.5. The molecule has 154 valence electrons. The molecule has 1 aromatic carbocycles. The normalized spacial score (nSPS) is 12.6. The smallest absolute Gasteiger partial charge is 0.243 e. The maximum Gasteiger partial charge on any atom is 0.243 e. The largest absolute Gasteiger partial charge is 0.382 e. The number of nitrogens with one attached hydrogen (secondary N) is 2. The number of guanidine groups is 1. The molecule has 0 amide bonds. The molecule has 2 N–H and O–H groups in total. The Hall–Kier alpha value is -1.64. The average molecular weight is 399 g/mol. The first-order valence-electron chi connectivity index (χ1n) is 9.49. The molecule has 0 aromatic heterocycles. The van der Waals surface area contributed by atoms with Crippen LogP contribution in [0.25, 0.3) is 0 Å².